The molecule has 0 bridgehead atoms. The summed E-state index contributed by atoms with van der Waals surface area (Å²) in [5.74, 6) is 1.47. The first-order valence-corrected chi connectivity index (χ1v) is 6.81. The van der Waals surface area contributed by atoms with E-state index in [9.17, 15) is 4.21 Å². The fraction of sp³-hybridized carbons (Fsp3) is 0.500. The molecule has 1 unspecified atom stereocenters. The Labute approximate surface area is 93.3 Å². The second-order valence-corrected chi connectivity index (χ2v) is 5.73. The SMILES string of the molecule is Nc1cccc(S(=O)CC2CCCC2)c1. The van der Waals surface area contributed by atoms with Crippen molar-refractivity contribution in [2.75, 3.05) is 11.5 Å². The molecule has 1 aromatic rings. The number of rotatable bonds is 3. The second-order valence-electron chi connectivity index (χ2n) is 4.24. The molecule has 1 aromatic carbocycles. The lowest BCUT2D eigenvalue weighted by molar-refractivity contribution is 0.604. The molecule has 82 valence electrons. The van der Waals surface area contributed by atoms with Crippen molar-refractivity contribution >= 4 is 16.5 Å². The minimum absolute atomic E-state index is 0.660. The molecule has 15 heavy (non-hydrogen) atoms. The van der Waals surface area contributed by atoms with Crippen molar-refractivity contribution in [2.45, 2.75) is 30.6 Å². The number of nitrogen functional groups attached to an aromatic ring is 1. The van der Waals surface area contributed by atoms with Crippen LogP contribution in [0.2, 0.25) is 0 Å². The molecule has 0 heterocycles. The highest BCUT2D eigenvalue weighted by atomic mass is 32.2. The van der Waals surface area contributed by atoms with E-state index >= 15 is 0 Å². The van der Waals surface area contributed by atoms with Gasteiger partial charge in [-0.25, -0.2) is 0 Å². The highest BCUT2D eigenvalue weighted by molar-refractivity contribution is 7.85. The van der Waals surface area contributed by atoms with E-state index in [1.807, 2.05) is 24.3 Å². The minimum Gasteiger partial charge on any atom is -0.399 e. The molecule has 0 aliphatic heterocycles. The lowest BCUT2D eigenvalue weighted by Gasteiger charge is -2.08. The van der Waals surface area contributed by atoms with Crippen LogP contribution >= 0.6 is 0 Å². The highest BCUT2D eigenvalue weighted by Gasteiger charge is 2.18. The summed E-state index contributed by atoms with van der Waals surface area (Å²) in [6, 6.07) is 7.43. The molecule has 1 atom stereocenters. The first-order chi connectivity index (χ1) is 7.25. The maximum Gasteiger partial charge on any atom is 0.0533 e. The first kappa shape index (κ1) is 10.7. The van der Waals surface area contributed by atoms with Crippen molar-refractivity contribution in [3.63, 3.8) is 0 Å². The van der Waals surface area contributed by atoms with Crippen molar-refractivity contribution in [2.24, 2.45) is 5.92 Å². The molecule has 0 amide bonds. The van der Waals surface area contributed by atoms with Gasteiger partial charge in [0.2, 0.25) is 0 Å². The summed E-state index contributed by atoms with van der Waals surface area (Å²) in [5, 5.41) is 0. The zero-order chi connectivity index (χ0) is 10.7. The van der Waals surface area contributed by atoms with Crippen LogP contribution in [-0.2, 0) is 10.8 Å². The van der Waals surface area contributed by atoms with E-state index in [0.717, 1.165) is 10.6 Å². The fourth-order valence-corrected chi connectivity index (χ4v) is 3.60. The first-order valence-electron chi connectivity index (χ1n) is 5.49. The Balaban J connectivity index is 2.01. The summed E-state index contributed by atoms with van der Waals surface area (Å²) in [6.07, 6.45) is 5.10. The summed E-state index contributed by atoms with van der Waals surface area (Å²) in [7, 11) is -0.864. The fourth-order valence-electron chi connectivity index (χ4n) is 2.14. The molecule has 1 aliphatic carbocycles. The maximum absolute atomic E-state index is 12.0. The van der Waals surface area contributed by atoms with Crippen molar-refractivity contribution < 1.29 is 4.21 Å². The lowest BCUT2D eigenvalue weighted by Crippen LogP contribution is -2.07. The normalized spacial score (nSPS) is 19.2. The van der Waals surface area contributed by atoms with Gasteiger partial charge in [-0.15, -0.1) is 0 Å². The van der Waals surface area contributed by atoms with E-state index in [4.69, 9.17) is 5.73 Å². The van der Waals surface area contributed by atoms with Gasteiger partial charge in [0, 0.05) is 16.3 Å². The topological polar surface area (TPSA) is 43.1 Å². The Bertz CT molecular complexity index is 358. The van der Waals surface area contributed by atoms with Crippen LogP contribution < -0.4 is 5.73 Å². The smallest absolute Gasteiger partial charge is 0.0533 e. The van der Waals surface area contributed by atoms with Crippen molar-refractivity contribution in [3.8, 4) is 0 Å². The lowest BCUT2D eigenvalue weighted by atomic mass is 10.1. The standard InChI is InChI=1S/C12H17NOS/c13-11-6-3-7-12(8-11)15(14)9-10-4-1-2-5-10/h3,6-8,10H,1-2,4-5,9,13H2. The number of hydrogen-bond acceptors (Lipinski definition) is 2. The molecular formula is C12H17NOS. The monoisotopic (exact) mass is 223 g/mol. The van der Waals surface area contributed by atoms with E-state index in [0.29, 0.717) is 11.6 Å². The van der Waals surface area contributed by atoms with Gasteiger partial charge in [-0.2, -0.15) is 0 Å². The average molecular weight is 223 g/mol. The quantitative estimate of drug-likeness (QED) is 0.800. The van der Waals surface area contributed by atoms with Gasteiger partial charge in [0.15, 0.2) is 0 Å². The van der Waals surface area contributed by atoms with Gasteiger partial charge in [-0.1, -0.05) is 18.9 Å². The molecule has 2 rings (SSSR count). The molecule has 2 N–H and O–H groups in total. The van der Waals surface area contributed by atoms with Gasteiger partial charge < -0.3 is 5.73 Å². The summed E-state index contributed by atoms with van der Waals surface area (Å²) in [5.41, 5.74) is 6.37. The summed E-state index contributed by atoms with van der Waals surface area (Å²) < 4.78 is 12.0. The van der Waals surface area contributed by atoms with Crippen LogP contribution in [0.25, 0.3) is 0 Å². The third-order valence-electron chi connectivity index (χ3n) is 2.98. The molecule has 0 saturated heterocycles. The van der Waals surface area contributed by atoms with Crippen LogP contribution in [-0.4, -0.2) is 9.96 Å². The molecule has 0 aromatic heterocycles. The molecule has 2 nitrogen and oxygen atoms in total. The number of hydrogen-bond donors (Lipinski definition) is 1. The summed E-state index contributed by atoms with van der Waals surface area (Å²) >= 11 is 0. The van der Waals surface area contributed by atoms with Crippen LogP contribution in [0, 0.1) is 5.92 Å². The molecular weight excluding hydrogens is 206 g/mol. The third-order valence-corrected chi connectivity index (χ3v) is 4.54. The summed E-state index contributed by atoms with van der Waals surface area (Å²) in [6.45, 7) is 0. The van der Waals surface area contributed by atoms with Gasteiger partial charge in [0.25, 0.3) is 0 Å². The number of anilines is 1. The zero-order valence-corrected chi connectivity index (χ0v) is 9.63. The molecule has 1 saturated carbocycles. The maximum atomic E-state index is 12.0. The Morgan fingerprint density at radius 2 is 2.07 bits per heavy atom. The Hall–Kier alpha value is -0.830. The van der Waals surface area contributed by atoms with E-state index in [2.05, 4.69) is 0 Å². The van der Waals surface area contributed by atoms with E-state index < -0.39 is 10.8 Å². The zero-order valence-electron chi connectivity index (χ0n) is 8.82. The van der Waals surface area contributed by atoms with Crippen molar-refractivity contribution in [1.29, 1.82) is 0 Å². The average Bonchev–Trinajstić information content (AvgIpc) is 2.70. The van der Waals surface area contributed by atoms with E-state index in [1.165, 1.54) is 25.7 Å². The number of benzene rings is 1. The van der Waals surface area contributed by atoms with Gasteiger partial charge in [0.1, 0.15) is 0 Å². The van der Waals surface area contributed by atoms with E-state index in [-0.39, 0.29) is 0 Å². The van der Waals surface area contributed by atoms with Crippen LogP contribution in [0.1, 0.15) is 25.7 Å². The van der Waals surface area contributed by atoms with Crippen LogP contribution in [0.15, 0.2) is 29.2 Å². The predicted molar refractivity (Wildman–Crippen MR) is 64.1 cm³/mol. The number of nitrogens with two attached hydrogens (primary N) is 1. The molecule has 1 aliphatic rings. The Morgan fingerprint density at radius 1 is 1.33 bits per heavy atom. The Morgan fingerprint density at radius 3 is 2.73 bits per heavy atom. The van der Waals surface area contributed by atoms with E-state index in [1.54, 1.807) is 0 Å². The molecule has 1 fully saturated rings. The summed E-state index contributed by atoms with van der Waals surface area (Å²) in [4.78, 5) is 0.877. The van der Waals surface area contributed by atoms with Gasteiger partial charge in [-0.3, -0.25) is 4.21 Å². The van der Waals surface area contributed by atoms with Crippen molar-refractivity contribution in [1.82, 2.24) is 0 Å². The van der Waals surface area contributed by atoms with Gasteiger partial charge in [-0.05, 0) is 37.0 Å². The molecule has 3 heteroatoms. The minimum atomic E-state index is -0.864. The molecule has 0 radical (unpaired) electrons. The van der Waals surface area contributed by atoms with Crippen molar-refractivity contribution in [3.05, 3.63) is 24.3 Å². The van der Waals surface area contributed by atoms with Gasteiger partial charge >= 0.3 is 0 Å². The van der Waals surface area contributed by atoms with Gasteiger partial charge in [0.05, 0.1) is 10.8 Å². The highest BCUT2D eigenvalue weighted by Crippen LogP contribution is 2.26. The second kappa shape index (κ2) is 4.79. The predicted octanol–water partition coefficient (Wildman–Crippen LogP) is 2.57. The Kier molecular flexibility index (Phi) is 3.41. The third kappa shape index (κ3) is 2.81. The van der Waals surface area contributed by atoms with Crippen LogP contribution in [0.3, 0.4) is 0 Å². The molecule has 0 spiro atoms. The van der Waals surface area contributed by atoms with Crippen LogP contribution in [0.4, 0.5) is 5.69 Å². The van der Waals surface area contributed by atoms with Crippen LogP contribution in [0.5, 0.6) is 0 Å². The largest absolute Gasteiger partial charge is 0.399 e.